The van der Waals surface area contributed by atoms with Crippen molar-refractivity contribution < 1.29 is 9.26 Å². The molecule has 0 unspecified atom stereocenters. The van der Waals surface area contributed by atoms with Gasteiger partial charge < -0.3 is 9.26 Å². The second-order valence-corrected chi connectivity index (χ2v) is 9.21. The molecule has 0 saturated carbocycles. The lowest BCUT2D eigenvalue weighted by molar-refractivity contribution is 0.0485. The van der Waals surface area contributed by atoms with Gasteiger partial charge >= 0.3 is 0 Å². The highest BCUT2D eigenvalue weighted by Crippen LogP contribution is 2.31. The monoisotopic (exact) mass is 378 g/mol. The average molecular weight is 379 g/mol. The normalized spacial score (nSPS) is 17.8. The number of rotatable bonds is 6. The van der Waals surface area contributed by atoms with E-state index in [-0.39, 0.29) is 17.4 Å². The first-order valence-electron chi connectivity index (χ1n) is 9.44. The molecule has 1 N–H and O–H groups in total. The SMILES string of the molecule is CC(C)c1noc([C@@H](NCc2csc(C(C)(C)C)n2)C2CCOCC2)n1. The van der Waals surface area contributed by atoms with Crippen LogP contribution in [0.2, 0.25) is 0 Å². The molecule has 0 aliphatic carbocycles. The molecule has 1 aliphatic heterocycles. The van der Waals surface area contributed by atoms with Crippen molar-refractivity contribution in [3.8, 4) is 0 Å². The predicted molar refractivity (Wildman–Crippen MR) is 102 cm³/mol. The van der Waals surface area contributed by atoms with Crippen LogP contribution in [0.15, 0.2) is 9.90 Å². The molecule has 26 heavy (non-hydrogen) atoms. The summed E-state index contributed by atoms with van der Waals surface area (Å²) < 4.78 is 11.1. The van der Waals surface area contributed by atoms with Gasteiger partial charge in [0.2, 0.25) is 5.89 Å². The lowest BCUT2D eigenvalue weighted by Gasteiger charge is -2.28. The molecule has 2 aromatic heterocycles. The van der Waals surface area contributed by atoms with Crippen molar-refractivity contribution in [3.63, 3.8) is 0 Å². The van der Waals surface area contributed by atoms with Crippen LogP contribution in [0.5, 0.6) is 0 Å². The van der Waals surface area contributed by atoms with E-state index in [4.69, 9.17) is 14.2 Å². The summed E-state index contributed by atoms with van der Waals surface area (Å²) in [6.07, 6.45) is 2.00. The largest absolute Gasteiger partial charge is 0.381 e. The van der Waals surface area contributed by atoms with Gasteiger partial charge in [-0.2, -0.15) is 4.98 Å². The van der Waals surface area contributed by atoms with Gasteiger partial charge in [-0.15, -0.1) is 11.3 Å². The van der Waals surface area contributed by atoms with Crippen molar-refractivity contribution in [2.75, 3.05) is 13.2 Å². The fourth-order valence-electron chi connectivity index (χ4n) is 3.06. The Morgan fingerprint density at radius 1 is 1.23 bits per heavy atom. The van der Waals surface area contributed by atoms with Crippen LogP contribution in [-0.4, -0.2) is 28.3 Å². The number of hydrogen-bond acceptors (Lipinski definition) is 7. The van der Waals surface area contributed by atoms with E-state index in [9.17, 15) is 0 Å². The first kappa shape index (κ1) is 19.5. The van der Waals surface area contributed by atoms with Gasteiger partial charge in [0.05, 0.1) is 16.7 Å². The Labute approximate surface area is 159 Å². The van der Waals surface area contributed by atoms with Gasteiger partial charge in [-0.3, -0.25) is 5.32 Å². The highest BCUT2D eigenvalue weighted by Gasteiger charge is 2.30. The van der Waals surface area contributed by atoms with Gasteiger partial charge in [-0.05, 0) is 18.8 Å². The van der Waals surface area contributed by atoms with E-state index in [0.29, 0.717) is 18.4 Å². The molecular formula is C19H30N4O2S. The number of ether oxygens (including phenoxy) is 1. The number of nitrogens with zero attached hydrogens (tertiary/aromatic N) is 3. The summed E-state index contributed by atoms with van der Waals surface area (Å²) >= 11 is 1.73. The predicted octanol–water partition coefficient (Wildman–Crippen LogP) is 4.20. The summed E-state index contributed by atoms with van der Waals surface area (Å²) in [5.74, 6) is 2.15. The van der Waals surface area contributed by atoms with Gasteiger partial charge in [-0.25, -0.2) is 4.98 Å². The summed E-state index contributed by atoms with van der Waals surface area (Å²) in [7, 11) is 0. The molecule has 7 heteroatoms. The summed E-state index contributed by atoms with van der Waals surface area (Å²) in [6.45, 7) is 13.0. The Kier molecular flexibility index (Phi) is 6.10. The second kappa shape index (κ2) is 8.15. The van der Waals surface area contributed by atoms with Crippen LogP contribution in [0.1, 0.15) is 81.8 Å². The summed E-state index contributed by atoms with van der Waals surface area (Å²) in [6, 6.07) is 0.0405. The molecule has 1 saturated heterocycles. The van der Waals surface area contributed by atoms with Crippen LogP contribution < -0.4 is 5.32 Å². The van der Waals surface area contributed by atoms with Gasteiger partial charge in [0.15, 0.2) is 5.82 Å². The zero-order chi connectivity index (χ0) is 18.7. The number of nitrogens with one attached hydrogen (secondary N) is 1. The lowest BCUT2D eigenvalue weighted by atomic mass is 9.91. The first-order valence-corrected chi connectivity index (χ1v) is 10.3. The second-order valence-electron chi connectivity index (χ2n) is 8.35. The number of aromatic nitrogens is 3. The quantitative estimate of drug-likeness (QED) is 0.812. The van der Waals surface area contributed by atoms with Crippen LogP contribution in [0.4, 0.5) is 0 Å². The van der Waals surface area contributed by atoms with Crippen LogP contribution in [0.3, 0.4) is 0 Å². The van der Waals surface area contributed by atoms with Gasteiger partial charge in [-0.1, -0.05) is 39.8 Å². The lowest BCUT2D eigenvalue weighted by Crippen LogP contribution is -2.32. The van der Waals surface area contributed by atoms with Crippen molar-refractivity contribution in [3.05, 3.63) is 27.8 Å². The van der Waals surface area contributed by atoms with Crippen molar-refractivity contribution >= 4 is 11.3 Å². The molecule has 0 radical (unpaired) electrons. The average Bonchev–Trinajstić information content (AvgIpc) is 3.25. The first-order chi connectivity index (χ1) is 12.3. The van der Waals surface area contributed by atoms with E-state index in [1.807, 2.05) is 0 Å². The van der Waals surface area contributed by atoms with E-state index in [1.54, 1.807) is 11.3 Å². The zero-order valence-electron chi connectivity index (χ0n) is 16.4. The van der Waals surface area contributed by atoms with Gasteiger partial charge in [0.1, 0.15) is 0 Å². The molecule has 2 aromatic rings. The Hall–Kier alpha value is -1.31. The molecule has 0 amide bonds. The molecule has 3 rings (SSSR count). The van der Waals surface area contributed by atoms with Crippen LogP contribution in [0.25, 0.3) is 0 Å². The molecule has 0 bridgehead atoms. The minimum absolute atomic E-state index is 0.0405. The topological polar surface area (TPSA) is 73.1 Å². The molecule has 1 aliphatic rings. The Bertz CT molecular complexity index is 698. The molecule has 3 heterocycles. The third-order valence-corrected chi connectivity index (χ3v) is 5.99. The Morgan fingerprint density at radius 2 is 1.96 bits per heavy atom. The molecular weight excluding hydrogens is 348 g/mol. The van der Waals surface area contributed by atoms with E-state index in [2.05, 4.69) is 55.5 Å². The van der Waals surface area contributed by atoms with Gasteiger partial charge in [0, 0.05) is 36.5 Å². The highest BCUT2D eigenvalue weighted by atomic mass is 32.1. The summed E-state index contributed by atoms with van der Waals surface area (Å²) in [5, 5.41) is 11.1. The van der Waals surface area contributed by atoms with E-state index in [1.165, 1.54) is 0 Å². The fraction of sp³-hybridized carbons (Fsp3) is 0.737. The Balaban J connectivity index is 1.73. The van der Waals surface area contributed by atoms with E-state index in [0.717, 1.165) is 42.6 Å². The number of thiazole rings is 1. The standard InChI is InChI=1S/C19H30N4O2S/c1-12(2)16-22-17(25-23-16)15(13-6-8-24-9-7-13)20-10-14-11-26-18(21-14)19(3,4)5/h11-13,15,20H,6-10H2,1-5H3/t15-/m0/s1. The smallest absolute Gasteiger partial charge is 0.244 e. The molecule has 144 valence electrons. The van der Waals surface area contributed by atoms with Crippen LogP contribution >= 0.6 is 11.3 Å². The molecule has 1 atom stereocenters. The summed E-state index contributed by atoms with van der Waals surface area (Å²) in [5.41, 5.74) is 1.15. The van der Waals surface area contributed by atoms with E-state index >= 15 is 0 Å². The maximum atomic E-state index is 5.61. The minimum Gasteiger partial charge on any atom is -0.381 e. The maximum Gasteiger partial charge on any atom is 0.244 e. The maximum absolute atomic E-state index is 5.61. The van der Waals surface area contributed by atoms with Crippen molar-refractivity contribution in [1.82, 2.24) is 20.4 Å². The van der Waals surface area contributed by atoms with Crippen molar-refractivity contribution in [1.29, 1.82) is 0 Å². The third kappa shape index (κ3) is 4.69. The summed E-state index contributed by atoms with van der Waals surface area (Å²) in [4.78, 5) is 9.43. The molecule has 0 aromatic carbocycles. The highest BCUT2D eigenvalue weighted by molar-refractivity contribution is 7.09. The van der Waals surface area contributed by atoms with Crippen molar-refractivity contribution in [2.24, 2.45) is 5.92 Å². The van der Waals surface area contributed by atoms with Gasteiger partial charge in [0.25, 0.3) is 0 Å². The fourth-order valence-corrected chi connectivity index (χ4v) is 3.97. The van der Waals surface area contributed by atoms with Crippen LogP contribution in [-0.2, 0) is 16.7 Å². The Morgan fingerprint density at radius 3 is 2.54 bits per heavy atom. The molecule has 0 spiro atoms. The molecule has 6 nitrogen and oxygen atoms in total. The van der Waals surface area contributed by atoms with E-state index < -0.39 is 0 Å². The molecule has 1 fully saturated rings. The zero-order valence-corrected chi connectivity index (χ0v) is 17.2. The minimum atomic E-state index is 0.0405. The van der Waals surface area contributed by atoms with Crippen molar-refractivity contribution in [2.45, 2.75) is 71.4 Å². The number of hydrogen-bond donors (Lipinski definition) is 1. The van der Waals surface area contributed by atoms with Crippen LogP contribution in [0, 0.1) is 5.92 Å². The third-order valence-electron chi connectivity index (χ3n) is 4.67.